The van der Waals surface area contributed by atoms with Crippen LogP contribution < -0.4 is 4.74 Å². The number of aromatic nitrogens is 3. The second-order valence-corrected chi connectivity index (χ2v) is 8.47. The van der Waals surface area contributed by atoms with E-state index in [-0.39, 0.29) is 12.1 Å². The molecule has 176 valence electrons. The number of nitrogens with zero attached hydrogens (tertiary/aromatic N) is 4. The molecule has 0 amide bonds. The quantitative estimate of drug-likeness (QED) is 0.431. The lowest BCUT2D eigenvalue weighted by Gasteiger charge is -2.19. The molecular formula is C26H34N4O3. The number of nitriles is 1. The summed E-state index contributed by atoms with van der Waals surface area (Å²) >= 11 is 0. The highest BCUT2D eigenvalue weighted by molar-refractivity contribution is 5.85. The molecule has 0 aromatic carbocycles. The van der Waals surface area contributed by atoms with Gasteiger partial charge in [0.2, 0.25) is 5.88 Å². The highest BCUT2D eigenvalue weighted by Gasteiger charge is 2.21. The van der Waals surface area contributed by atoms with E-state index in [4.69, 9.17) is 24.2 Å². The number of hydrogen-bond donors (Lipinski definition) is 0. The van der Waals surface area contributed by atoms with Crippen molar-refractivity contribution in [1.29, 1.82) is 5.26 Å². The first-order valence-electron chi connectivity index (χ1n) is 11.5. The molecule has 7 nitrogen and oxygen atoms in total. The molecule has 7 heteroatoms. The Hall–Kier alpha value is -2.95. The van der Waals surface area contributed by atoms with Crippen molar-refractivity contribution in [2.45, 2.75) is 59.6 Å². The highest BCUT2D eigenvalue weighted by Crippen LogP contribution is 2.34. The summed E-state index contributed by atoms with van der Waals surface area (Å²) in [5.74, 6) is 0.386. The predicted molar refractivity (Wildman–Crippen MR) is 130 cm³/mol. The average Bonchev–Trinajstić information content (AvgIpc) is 3.12. The monoisotopic (exact) mass is 450 g/mol. The summed E-state index contributed by atoms with van der Waals surface area (Å²) in [6.07, 6.45) is 3.57. The van der Waals surface area contributed by atoms with Crippen molar-refractivity contribution in [2.24, 2.45) is 0 Å². The molecule has 0 saturated carbocycles. The van der Waals surface area contributed by atoms with Crippen LogP contribution in [0.4, 0.5) is 0 Å². The maximum Gasteiger partial charge on any atom is 0.232 e. The van der Waals surface area contributed by atoms with Gasteiger partial charge in [0, 0.05) is 26.0 Å². The summed E-state index contributed by atoms with van der Waals surface area (Å²) in [6, 6.07) is 6.38. The van der Waals surface area contributed by atoms with Crippen LogP contribution in [0.15, 0.2) is 18.3 Å². The molecule has 0 aliphatic carbocycles. The van der Waals surface area contributed by atoms with E-state index in [0.29, 0.717) is 31.1 Å². The van der Waals surface area contributed by atoms with E-state index in [2.05, 4.69) is 43.7 Å². The minimum atomic E-state index is -0.0598. The molecule has 0 radical (unpaired) electrons. The molecule has 0 bridgehead atoms. The normalized spacial score (nSPS) is 11.5. The van der Waals surface area contributed by atoms with E-state index >= 15 is 0 Å². The molecule has 3 heterocycles. The van der Waals surface area contributed by atoms with Gasteiger partial charge < -0.3 is 18.8 Å². The maximum atomic E-state index is 9.76. The zero-order valence-electron chi connectivity index (χ0n) is 20.7. The molecule has 0 spiro atoms. The summed E-state index contributed by atoms with van der Waals surface area (Å²) in [4.78, 5) is 9.84. The van der Waals surface area contributed by atoms with Gasteiger partial charge in [-0.3, -0.25) is 0 Å². The fourth-order valence-corrected chi connectivity index (χ4v) is 4.17. The maximum absolute atomic E-state index is 9.76. The summed E-state index contributed by atoms with van der Waals surface area (Å²) in [6.45, 7) is 11.2. The lowest BCUT2D eigenvalue weighted by atomic mass is 9.99. The lowest BCUT2D eigenvalue weighted by Crippen LogP contribution is -2.19. The number of methoxy groups -OCH3 is 2. The Balaban J connectivity index is 2.24. The minimum Gasteiger partial charge on any atom is -0.474 e. The van der Waals surface area contributed by atoms with Gasteiger partial charge >= 0.3 is 0 Å². The summed E-state index contributed by atoms with van der Waals surface area (Å²) in [5.41, 5.74) is 7.24. The predicted octanol–water partition coefficient (Wildman–Crippen LogP) is 5.02. The molecule has 3 rings (SSSR count). The molecule has 0 unspecified atom stereocenters. The third-order valence-electron chi connectivity index (χ3n) is 5.68. The van der Waals surface area contributed by atoms with Crippen LogP contribution in [0, 0.1) is 18.3 Å². The Kier molecular flexibility index (Phi) is 8.06. The van der Waals surface area contributed by atoms with E-state index in [1.165, 1.54) is 0 Å². The van der Waals surface area contributed by atoms with Crippen molar-refractivity contribution in [3.8, 4) is 23.2 Å². The zero-order valence-corrected chi connectivity index (χ0v) is 20.7. The van der Waals surface area contributed by atoms with Crippen molar-refractivity contribution in [3.05, 3.63) is 40.7 Å². The van der Waals surface area contributed by atoms with Gasteiger partial charge in [-0.2, -0.15) is 5.26 Å². The largest absolute Gasteiger partial charge is 0.474 e. The molecule has 0 aliphatic heterocycles. The van der Waals surface area contributed by atoms with Crippen LogP contribution in [-0.4, -0.2) is 48.1 Å². The van der Waals surface area contributed by atoms with Crippen molar-refractivity contribution in [1.82, 2.24) is 14.5 Å². The highest BCUT2D eigenvalue weighted by atomic mass is 16.5. The number of rotatable bonds is 10. The van der Waals surface area contributed by atoms with Gasteiger partial charge in [0.05, 0.1) is 47.8 Å². The smallest absolute Gasteiger partial charge is 0.232 e. The van der Waals surface area contributed by atoms with E-state index in [1.54, 1.807) is 14.2 Å². The molecule has 0 fully saturated rings. The average molecular weight is 451 g/mol. The molecular weight excluding hydrogens is 416 g/mol. The Morgan fingerprint density at radius 3 is 2.30 bits per heavy atom. The van der Waals surface area contributed by atoms with E-state index < -0.39 is 0 Å². The van der Waals surface area contributed by atoms with Gasteiger partial charge in [-0.1, -0.05) is 13.8 Å². The summed E-state index contributed by atoms with van der Waals surface area (Å²) in [5, 5.41) is 9.76. The SMILES string of the molecule is CCc1cc2c(nc1-c1cc(C#N)c(OC(C)C)nc1CC)c(C)cn2C(COC)COC. The molecule has 0 saturated heterocycles. The van der Waals surface area contributed by atoms with Crippen molar-refractivity contribution >= 4 is 11.0 Å². The van der Waals surface area contributed by atoms with Crippen LogP contribution in [0.3, 0.4) is 0 Å². The fourth-order valence-electron chi connectivity index (χ4n) is 4.17. The third-order valence-corrected chi connectivity index (χ3v) is 5.68. The third kappa shape index (κ3) is 5.02. The van der Waals surface area contributed by atoms with Gasteiger partial charge in [-0.05, 0) is 56.9 Å². The molecule has 0 N–H and O–H groups in total. The molecule has 3 aromatic rings. The Morgan fingerprint density at radius 1 is 1.06 bits per heavy atom. The van der Waals surface area contributed by atoms with Crippen LogP contribution in [0.1, 0.15) is 56.1 Å². The summed E-state index contributed by atoms with van der Waals surface area (Å²) in [7, 11) is 3.40. The fraction of sp³-hybridized carbons (Fsp3) is 0.500. The van der Waals surface area contributed by atoms with Crippen molar-refractivity contribution in [3.63, 3.8) is 0 Å². The Morgan fingerprint density at radius 2 is 1.76 bits per heavy atom. The van der Waals surface area contributed by atoms with Crippen LogP contribution in [0.5, 0.6) is 5.88 Å². The molecule has 33 heavy (non-hydrogen) atoms. The molecule has 0 aliphatic rings. The topological polar surface area (TPSA) is 82.2 Å². The first-order chi connectivity index (χ1) is 15.9. The first kappa shape index (κ1) is 24.7. The Labute approximate surface area is 196 Å². The van der Waals surface area contributed by atoms with Crippen LogP contribution in [0.25, 0.3) is 22.3 Å². The van der Waals surface area contributed by atoms with E-state index in [1.807, 2.05) is 19.9 Å². The standard InChI is InChI=1S/C26H34N4O3/c1-8-18-11-23-24(17(5)13-30(23)20(14-31-6)15-32-7)29-25(18)21-10-19(12-27)26(33-16(3)4)28-22(21)9-2/h10-11,13,16,20H,8-9,14-15H2,1-7H3. The summed E-state index contributed by atoms with van der Waals surface area (Å²) < 4.78 is 18.9. The van der Waals surface area contributed by atoms with Gasteiger partial charge in [0.1, 0.15) is 11.6 Å². The number of ether oxygens (including phenoxy) is 3. The van der Waals surface area contributed by atoms with E-state index in [0.717, 1.165) is 45.5 Å². The zero-order chi connectivity index (χ0) is 24.1. The van der Waals surface area contributed by atoms with Gasteiger partial charge in [0.15, 0.2) is 0 Å². The number of hydrogen-bond acceptors (Lipinski definition) is 6. The lowest BCUT2D eigenvalue weighted by molar-refractivity contribution is 0.0913. The second-order valence-electron chi connectivity index (χ2n) is 8.47. The minimum absolute atomic E-state index is 0.0547. The molecule has 0 atom stereocenters. The number of aryl methyl sites for hydroxylation is 3. The van der Waals surface area contributed by atoms with Crippen molar-refractivity contribution < 1.29 is 14.2 Å². The van der Waals surface area contributed by atoms with Crippen LogP contribution >= 0.6 is 0 Å². The number of fused-ring (bicyclic) bond motifs is 1. The van der Waals surface area contributed by atoms with Gasteiger partial charge in [-0.25, -0.2) is 9.97 Å². The van der Waals surface area contributed by atoms with Gasteiger partial charge in [-0.15, -0.1) is 0 Å². The number of pyridine rings is 2. The van der Waals surface area contributed by atoms with Crippen LogP contribution in [0.2, 0.25) is 0 Å². The Bertz CT molecular complexity index is 1150. The molecule has 3 aromatic heterocycles. The second kappa shape index (κ2) is 10.8. The van der Waals surface area contributed by atoms with Crippen LogP contribution in [-0.2, 0) is 22.3 Å². The van der Waals surface area contributed by atoms with Gasteiger partial charge in [0.25, 0.3) is 0 Å². The van der Waals surface area contributed by atoms with E-state index in [9.17, 15) is 5.26 Å². The van der Waals surface area contributed by atoms with Crippen molar-refractivity contribution in [2.75, 3.05) is 27.4 Å². The first-order valence-corrected chi connectivity index (χ1v) is 11.5.